The minimum absolute atomic E-state index is 0.655. The molecule has 0 fully saturated rings. The lowest BCUT2D eigenvalue weighted by atomic mass is 10.3. The molecule has 0 aliphatic carbocycles. The Morgan fingerprint density at radius 2 is 2.41 bits per heavy atom. The Morgan fingerprint density at radius 3 is 3.18 bits per heavy atom. The van der Waals surface area contributed by atoms with Gasteiger partial charge in [-0.05, 0) is 12.5 Å². The van der Waals surface area contributed by atoms with E-state index in [4.69, 9.17) is 0 Å². The van der Waals surface area contributed by atoms with E-state index in [-0.39, 0.29) is 0 Å². The van der Waals surface area contributed by atoms with Gasteiger partial charge in [0, 0.05) is 19.3 Å². The topological polar surface area (TPSA) is 74.2 Å². The zero-order valence-corrected chi connectivity index (χ0v) is 10.0. The van der Waals surface area contributed by atoms with Crippen molar-refractivity contribution in [3.05, 3.63) is 12.3 Å². The van der Waals surface area contributed by atoms with E-state index in [0.29, 0.717) is 5.95 Å². The van der Waals surface area contributed by atoms with E-state index >= 15 is 0 Å². The standard InChI is InChI=1S/C11H18N6/c1-2-3-5-12-10-13-6-4-9(16-10)17-11-14-7-8-15-11/h4,6H,2-3,5,7-8H2,1H3,(H3,12,13,14,15,16,17). The highest BCUT2D eigenvalue weighted by molar-refractivity contribution is 5.93. The lowest BCUT2D eigenvalue weighted by Crippen LogP contribution is -2.26. The molecule has 1 aliphatic rings. The first-order valence-corrected chi connectivity index (χ1v) is 6.01. The molecule has 3 N–H and O–H groups in total. The van der Waals surface area contributed by atoms with Crippen LogP contribution >= 0.6 is 0 Å². The van der Waals surface area contributed by atoms with Crippen LogP contribution in [0.5, 0.6) is 0 Å². The number of anilines is 2. The molecule has 0 radical (unpaired) electrons. The van der Waals surface area contributed by atoms with Gasteiger partial charge in [0.1, 0.15) is 5.82 Å². The summed E-state index contributed by atoms with van der Waals surface area (Å²) in [5.41, 5.74) is 0. The Kier molecular flexibility index (Phi) is 4.12. The lowest BCUT2D eigenvalue weighted by Gasteiger charge is -2.07. The predicted molar refractivity (Wildman–Crippen MR) is 69.4 cm³/mol. The second kappa shape index (κ2) is 6.03. The van der Waals surface area contributed by atoms with Crippen LogP contribution < -0.4 is 16.0 Å². The van der Waals surface area contributed by atoms with Crippen LogP contribution in [-0.4, -0.2) is 35.6 Å². The van der Waals surface area contributed by atoms with Gasteiger partial charge in [0.05, 0.1) is 6.54 Å². The molecule has 2 rings (SSSR count). The third kappa shape index (κ3) is 3.58. The summed E-state index contributed by atoms with van der Waals surface area (Å²) in [6, 6.07) is 1.83. The van der Waals surface area contributed by atoms with Crippen LogP contribution in [-0.2, 0) is 0 Å². The molecule has 1 aromatic heterocycles. The van der Waals surface area contributed by atoms with E-state index in [0.717, 1.165) is 44.3 Å². The smallest absolute Gasteiger partial charge is 0.224 e. The van der Waals surface area contributed by atoms with E-state index in [1.54, 1.807) is 6.20 Å². The van der Waals surface area contributed by atoms with E-state index in [1.165, 1.54) is 0 Å². The average molecular weight is 234 g/mol. The number of rotatable bonds is 5. The first-order valence-electron chi connectivity index (χ1n) is 6.01. The van der Waals surface area contributed by atoms with E-state index in [1.807, 2.05) is 6.07 Å². The number of hydrogen-bond acceptors (Lipinski definition) is 6. The van der Waals surface area contributed by atoms with Crippen LogP contribution in [0.4, 0.5) is 11.8 Å². The van der Waals surface area contributed by atoms with Gasteiger partial charge in [0.15, 0.2) is 5.96 Å². The zero-order chi connectivity index (χ0) is 11.9. The molecule has 1 aliphatic heterocycles. The van der Waals surface area contributed by atoms with Crippen molar-refractivity contribution in [2.75, 3.05) is 30.3 Å². The molecule has 6 nitrogen and oxygen atoms in total. The van der Waals surface area contributed by atoms with Gasteiger partial charge >= 0.3 is 0 Å². The van der Waals surface area contributed by atoms with Crippen molar-refractivity contribution >= 4 is 17.7 Å². The minimum Gasteiger partial charge on any atom is -0.354 e. The maximum Gasteiger partial charge on any atom is 0.224 e. The van der Waals surface area contributed by atoms with Gasteiger partial charge in [-0.1, -0.05) is 13.3 Å². The monoisotopic (exact) mass is 234 g/mol. The number of hydrogen-bond donors (Lipinski definition) is 3. The van der Waals surface area contributed by atoms with Crippen LogP contribution in [0, 0.1) is 0 Å². The summed E-state index contributed by atoms with van der Waals surface area (Å²) in [6.07, 6.45) is 4.01. The van der Waals surface area contributed by atoms with Crippen molar-refractivity contribution in [3.8, 4) is 0 Å². The number of nitrogens with zero attached hydrogens (tertiary/aromatic N) is 3. The maximum absolute atomic E-state index is 4.35. The number of guanidine groups is 1. The summed E-state index contributed by atoms with van der Waals surface area (Å²) >= 11 is 0. The largest absolute Gasteiger partial charge is 0.354 e. The van der Waals surface area contributed by atoms with Crippen molar-refractivity contribution in [1.29, 1.82) is 0 Å². The summed E-state index contributed by atoms with van der Waals surface area (Å²) in [5.74, 6) is 2.19. The zero-order valence-electron chi connectivity index (χ0n) is 10.0. The van der Waals surface area contributed by atoms with Crippen LogP contribution in [0.25, 0.3) is 0 Å². The fourth-order valence-electron chi connectivity index (χ4n) is 1.49. The highest BCUT2D eigenvalue weighted by atomic mass is 15.2. The minimum atomic E-state index is 0.655. The molecule has 17 heavy (non-hydrogen) atoms. The SMILES string of the molecule is CCCCNc1nccc(NC2=NCCN2)n1. The maximum atomic E-state index is 4.35. The number of unbranched alkanes of at least 4 members (excludes halogenated alkanes) is 1. The molecule has 0 bridgehead atoms. The molecule has 0 saturated carbocycles. The lowest BCUT2D eigenvalue weighted by molar-refractivity contribution is 0.826. The van der Waals surface area contributed by atoms with Gasteiger partial charge in [0.2, 0.25) is 5.95 Å². The molecule has 0 amide bonds. The molecule has 0 spiro atoms. The second-order valence-electron chi connectivity index (χ2n) is 3.83. The normalized spacial score (nSPS) is 14.1. The summed E-state index contributed by atoms with van der Waals surface area (Å²) in [4.78, 5) is 12.8. The van der Waals surface area contributed by atoms with Gasteiger partial charge in [-0.2, -0.15) is 4.98 Å². The summed E-state index contributed by atoms with van der Waals surface area (Å²) in [7, 11) is 0. The Balaban J connectivity index is 1.91. The van der Waals surface area contributed by atoms with E-state index < -0.39 is 0 Å². The summed E-state index contributed by atoms with van der Waals surface area (Å²) in [6.45, 7) is 4.76. The van der Waals surface area contributed by atoms with Gasteiger partial charge in [-0.25, -0.2) is 4.98 Å². The second-order valence-corrected chi connectivity index (χ2v) is 3.83. The molecular weight excluding hydrogens is 216 g/mol. The van der Waals surface area contributed by atoms with Crippen molar-refractivity contribution in [3.63, 3.8) is 0 Å². The van der Waals surface area contributed by atoms with Crippen molar-refractivity contribution in [2.45, 2.75) is 19.8 Å². The fourth-order valence-corrected chi connectivity index (χ4v) is 1.49. The Bertz CT molecular complexity index is 389. The number of aliphatic imine (C=N–C) groups is 1. The fraction of sp³-hybridized carbons (Fsp3) is 0.545. The summed E-state index contributed by atoms with van der Waals surface area (Å²) in [5, 5.41) is 9.44. The van der Waals surface area contributed by atoms with E-state index in [9.17, 15) is 0 Å². The van der Waals surface area contributed by atoms with Crippen molar-refractivity contribution in [1.82, 2.24) is 15.3 Å². The Morgan fingerprint density at radius 1 is 1.47 bits per heavy atom. The first kappa shape index (κ1) is 11.6. The highest BCUT2D eigenvalue weighted by Crippen LogP contribution is 2.06. The molecule has 0 atom stereocenters. The molecule has 1 aromatic rings. The Labute approximate surface area is 101 Å². The first-order chi connectivity index (χ1) is 8.38. The van der Waals surface area contributed by atoms with Gasteiger partial charge in [0.25, 0.3) is 0 Å². The average Bonchev–Trinajstić information content (AvgIpc) is 2.83. The van der Waals surface area contributed by atoms with Crippen LogP contribution in [0.1, 0.15) is 19.8 Å². The molecule has 0 saturated heterocycles. The van der Waals surface area contributed by atoms with Gasteiger partial charge in [-0.3, -0.25) is 4.99 Å². The Hall–Kier alpha value is -1.85. The molecule has 92 valence electrons. The van der Waals surface area contributed by atoms with Crippen LogP contribution in [0.15, 0.2) is 17.3 Å². The van der Waals surface area contributed by atoms with Gasteiger partial charge in [-0.15, -0.1) is 0 Å². The number of nitrogens with one attached hydrogen (secondary N) is 3. The highest BCUT2D eigenvalue weighted by Gasteiger charge is 2.06. The molecular formula is C11H18N6. The van der Waals surface area contributed by atoms with Crippen LogP contribution in [0.2, 0.25) is 0 Å². The quantitative estimate of drug-likeness (QED) is 0.664. The predicted octanol–water partition coefficient (Wildman–Crippen LogP) is 1.06. The van der Waals surface area contributed by atoms with E-state index in [2.05, 4.69) is 37.8 Å². The number of aromatic nitrogens is 2. The van der Waals surface area contributed by atoms with Crippen molar-refractivity contribution in [2.24, 2.45) is 4.99 Å². The van der Waals surface area contributed by atoms with Crippen LogP contribution in [0.3, 0.4) is 0 Å². The molecule has 0 unspecified atom stereocenters. The third-order valence-electron chi connectivity index (χ3n) is 2.39. The molecule has 6 heteroatoms. The third-order valence-corrected chi connectivity index (χ3v) is 2.39. The van der Waals surface area contributed by atoms with Crippen molar-refractivity contribution < 1.29 is 0 Å². The summed E-state index contributed by atoms with van der Waals surface area (Å²) < 4.78 is 0. The molecule has 2 heterocycles. The van der Waals surface area contributed by atoms with Gasteiger partial charge < -0.3 is 16.0 Å². The molecule has 0 aromatic carbocycles.